The van der Waals surface area contributed by atoms with Crippen molar-refractivity contribution in [2.75, 3.05) is 70.7 Å². The highest BCUT2D eigenvalue weighted by Gasteiger charge is 2.49. The number of ether oxygens (including phenoxy) is 4. The van der Waals surface area contributed by atoms with Crippen LogP contribution >= 0.6 is 83.1 Å². The van der Waals surface area contributed by atoms with Crippen molar-refractivity contribution in [2.24, 2.45) is 0 Å². The molecule has 4 amide bonds. The predicted molar refractivity (Wildman–Crippen MR) is 342 cm³/mol. The van der Waals surface area contributed by atoms with Crippen molar-refractivity contribution in [3.63, 3.8) is 0 Å². The van der Waals surface area contributed by atoms with E-state index < -0.39 is 134 Å². The number of aliphatic hydroxyl groups is 6. The van der Waals surface area contributed by atoms with Crippen LogP contribution in [-0.2, 0) is 50.7 Å². The molecule has 2 fully saturated rings. The van der Waals surface area contributed by atoms with E-state index in [4.69, 9.17) is 100 Å². The molecule has 35 nitrogen and oxygen atoms in total. The summed E-state index contributed by atoms with van der Waals surface area (Å²) in [6.07, 6.45) is -3.06. The van der Waals surface area contributed by atoms with Gasteiger partial charge in [-0.2, -0.15) is 4.98 Å². The number of unbranched alkanes of at least 4 members (excludes halogenated alkanes) is 2. The van der Waals surface area contributed by atoms with Crippen LogP contribution in [0.5, 0.6) is 0 Å². The molecule has 530 valence electrons. The maximum Gasteiger partial charge on any atom is 0.433 e. The number of aromatic nitrogens is 2. The Kier molecular flexibility index (Phi) is 44.6. The largest absolute Gasteiger partial charge is 0.445 e. The van der Waals surface area contributed by atoms with Gasteiger partial charge in [0.05, 0.1) is 30.9 Å². The second kappa shape index (κ2) is 47.1. The molecule has 0 spiro atoms. The minimum atomic E-state index is -4.10. The number of rotatable bonds is 27. The average Bonchev–Trinajstić information content (AvgIpc) is 1.69. The lowest BCUT2D eigenvalue weighted by Gasteiger charge is -2.32. The SMILES string of the molecule is C=CCOC(=O)NC1C=CN(C2OC(COP(=O)(OCc3ccc([N+](=O)[O-])o3)N(C)CCCCCl)C(O)C2O)C(=O)N1.C=CCOC(=O)Nc1ccn(C2OC(CO)C(O)C2O)c(=O)n1.CC(C)(C)OO.CNCCCCCl.Cl.ClP(Cl)Cl.O=[N+]([O-])c1ccc(CO)o1. The van der Waals surface area contributed by atoms with E-state index in [1.54, 1.807) is 20.8 Å². The lowest BCUT2D eigenvalue weighted by atomic mass is 10.1. The third-order valence-electron chi connectivity index (χ3n) is 11.3. The molecule has 11 N–H and O–H groups in total. The first-order valence-corrected chi connectivity index (χ1v) is 33.7. The minimum absolute atomic E-state index is 0. The van der Waals surface area contributed by atoms with Crippen LogP contribution in [0.2, 0.25) is 0 Å². The van der Waals surface area contributed by atoms with E-state index in [9.17, 15) is 64.4 Å². The fourth-order valence-electron chi connectivity index (χ4n) is 6.84. The Bertz CT molecular complexity index is 2840. The molecule has 0 bridgehead atoms. The molecule has 6 rings (SSSR count). The molecular formula is C50H78Cl6N10O25P2. The molecule has 3 aliphatic rings. The Labute approximate surface area is 565 Å². The third kappa shape index (κ3) is 33.6. The molecule has 3 aromatic heterocycles. The standard InChI is InChI=1S/C23H33ClN5O12P.C13H17N3O7.C5H12ClN.C5H5NO4.C4H10O2.Cl3P.ClH/c1-3-12-37-23(33)26-17-8-11-28(22(32)25-17)21-20(31)19(30)16(41-21)14-39-42(36,27(2)10-5-4-9-24)38-13-15-6-7-18(40-15)29(34)35;1-2-5-22-13(21)15-8-3-4-16(12(20)14-8)11-10(19)9(18)7(6-17)23-11;1-7-5-3-2-4-6;7-3-4-1-2-5(10-4)6(8)9;1-4(2,3)6-5;1-4(2)3;/h3,6-8,11,16-17,19-21,30-31H,1,4-5,9-10,12-14H2,2H3,(H,25,32)(H,26,33);2-4,7,9-11,17-19H,1,5-6H2,(H,14,15,20,21);7H,2-5H2,1H3;1-2,7H,3H2;5H,1-3H3;;1H. The Morgan fingerprint density at radius 3 is 1.85 bits per heavy atom. The molecule has 0 radical (unpaired) electrons. The van der Waals surface area contributed by atoms with Crippen molar-refractivity contribution in [1.82, 2.24) is 35.1 Å². The van der Waals surface area contributed by atoms with Crippen LogP contribution in [0.25, 0.3) is 0 Å². The Balaban J connectivity index is 0.00000137. The molecule has 43 heteroatoms. The van der Waals surface area contributed by atoms with Crippen LogP contribution in [-0.4, -0.2) is 203 Å². The van der Waals surface area contributed by atoms with Crippen LogP contribution in [0.15, 0.2) is 87.7 Å². The van der Waals surface area contributed by atoms with Crippen LogP contribution in [0.1, 0.15) is 64.2 Å². The summed E-state index contributed by atoms with van der Waals surface area (Å²) in [5, 5.41) is 97.1. The van der Waals surface area contributed by atoms with Crippen molar-refractivity contribution in [2.45, 2.75) is 121 Å². The lowest BCUT2D eigenvalue weighted by Crippen LogP contribution is -2.57. The number of carbonyl (C=O) groups is 3. The van der Waals surface area contributed by atoms with Crippen LogP contribution in [0, 0.1) is 20.2 Å². The Morgan fingerprint density at radius 2 is 1.38 bits per heavy atom. The molecule has 10 unspecified atom stereocenters. The first-order chi connectivity index (χ1) is 43.4. The molecule has 10 atom stereocenters. The zero-order chi connectivity index (χ0) is 69.7. The van der Waals surface area contributed by atoms with E-state index in [0.29, 0.717) is 18.7 Å². The molecule has 0 aliphatic carbocycles. The van der Waals surface area contributed by atoms with Crippen LogP contribution < -0.4 is 27.0 Å². The fourth-order valence-corrected chi connectivity index (χ4v) is 8.70. The normalized spacial score (nSPS) is 20.9. The summed E-state index contributed by atoms with van der Waals surface area (Å²) in [4.78, 5) is 75.7. The monoisotopic (exact) mass is 1490 g/mol. The number of carbonyl (C=O) groups excluding carboxylic acids is 3. The van der Waals surface area contributed by atoms with Crippen molar-refractivity contribution in [3.8, 4) is 0 Å². The van der Waals surface area contributed by atoms with Crippen molar-refractivity contribution < 1.29 is 106 Å². The number of nitrogens with one attached hydrogen (secondary N) is 4. The van der Waals surface area contributed by atoms with Gasteiger partial charge in [0, 0.05) is 30.7 Å². The van der Waals surface area contributed by atoms with Gasteiger partial charge in [0.1, 0.15) is 96.4 Å². The third-order valence-corrected chi connectivity index (χ3v) is 13.8. The van der Waals surface area contributed by atoms with Crippen LogP contribution in [0.4, 0.5) is 32.0 Å². The quantitative estimate of drug-likeness (QED) is 0.00687. The maximum atomic E-state index is 13.7. The summed E-state index contributed by atoms with van der Waals surface area (Å²) < 4.78 is 57.1. The number of furan rings is 2. The second-order valence-electron chi connectivity index (χ2n) is 19.4. The number of aliphatic hydroxyl groups excluding tert-OH is 6. The highest BCUT2D eigenvalue weighted by molar-refractivity contribution is 8.20. The summed E-state index contributed by atoms with van der Waals surface area (Å²) in [5.41, 5.74) is -1.22. The van der Waals surface area contributed by atoms with Gasteiger partial charge in [-0.1, -0.05) is 59.0 Å². The van der Waals surface area contributed by atoms with E-state index in [0.717, 1.165) is 34.4 Å². The van der Waals surface area contributed by atoms with E-state index >= 15 is 0 Å². The number of halogens is 6. The van der Waals surface area contributed by atoms with Crippen molar-refractivity contribution in [1.29, 1.82) is 0 Å². The first kappa shape index (κ1) is 88.1. The number of nitrogens with zero attached hydrogens (tertiary/aromatic N) is 6. The maximum absolute atomic E-state index is 13.7. The van der Waals surface area contributed by atoms with Gasteiger partial charge in [0.15, 0.2) is 18.4 Å². The molecule has 3 aliphatic heterocycles. The summed E-state index contributed by atoms with van der Waals surface area (Å²) in [6.45, 7) is 11.7. The zero-order valence-corrected chi connectivity index (χ0v) is 57.0. The smallest absolute Gasteiger partial charge is 0.433 e. The van der Waals surface area contributed by atoms with E-state index in [1.165, 1.54) is 73.0 Å². The van der Waals surface area contributed by atoms with Crippen molar-refractivity contribution >= 4 is 119 Å². The van der Waals surface area contributed by atoms with E-state index in [-0.39, 0.29) is 62.0 Å². The molecule has 0 saturated carbocycles. The summed E-state index contributed by atoms with van der Waals surface area (Å²) >= 11 is 25.8. The number of amides is 4. The van der Waals surface area contributed by atoms with Gasteiger partial charge in [-0.05, 0) is 91.4 Å². The minimum Gasteiger partial charge on any atom is -0.445 e. The van der Waals surface area contributed by atoms with Gasteiger partial charge in [0.2, 0.25) is 0 Å². The summed E-state index contributed by atoms with van der Waals surface area (Å²) in [6, 6.07) is 5.51. The molecule has 6 heterocycles. The number of hydrogen-bond acceptors (Lipinski definition) is 27. The van der Waals surface area contributed by atoms with Crippen LogP contribution in [0.3, 0.4) is 0 Å². The number of urea groups is 1. The molecular weight excluding hydrogens is 1420 g/mol. The number of anilines is 1. The Hall–Kier alpha value is -4.89. The summed E-state index contributed by atoms with van der Waals surface area (Å²) in [5.74, 6) is -0.717. The first-order valence-electron chi connectivity index (χ1n) is 27.0. The molecule has 93 heavy (non-hydrogen) atoms. The highest BCUT2D eigenvalue weighted by Crippen LogP contribution is 2.53. The zero-order valence-electron chi connectivity index (χ0n) is 50.6. The number of hydrogen-bond donors (Lipinski definition) is 11. The van der Waals surface area contributed by atoms with E-state index in [1.807, 2.05) is 7.05 Å². The lowest BCUT2D eigenvalue weighted by molar-refractivity contribution is -0.402. The molecule has 3 aromatic rings. The van der Waals surface area contributed by atoms with Crippen molar-refractivity contribution in [3.05, 3.63) is 116 Å². The predicted octanol–water partition coefficient (Wildman–Crippen LogP) is 7.12. The molecule has 0 aromatic carbocycles. The second-order valence-corrected chi connectivity index (χ2v) is 27.2. The van der Waals surface area contributed by atoms with Gasteiger partial charge in [-0.15, -0.1) is 35.6 Å². The van der Waals surface area contributed by atoms with Gasteiger partial charge in [-0.25, -0.2) is 33.3 Å². The van der Waals surface area contributed by atoms with Gasteiger partial charge in [0.25, 0.3) is 0 Å². The van der Waals surface area contributed by atoms with Gasteiger partial charge in [-0.3, -0.25) is 54.6 Å². The number of nitro groups is 2. The van der Waals surface area contributed by atoms with Gasteiger partial charge < -0.3 is 69.1 Å². The number of alkyl carbamates (subject to hydrolysis) is 1. The van der Waals surface area contributed by atoms with E-state index in [2.05, 4.69) is 53.5 Å². The topological polar surface area (TPSA) is 477 Å². The fraction of sp³-hybridized carbons (Fsp3) is 0.580. The average molecular weight is 1490 g/mol. The van der Waals surface area contributed by atoms with Gasteiger partial charge >= 0.3 is 43.4 Å². The highest BCUT2D eigenvalue weighted by atomic mass is 36.0. The summed E-state index contributed by atoms with van der Waals surface area (Å²) in [7, 11) is -0.672. The Morgan fingerprint density at radius 1 is 0.849 bits per heavy atom. The molecule has 2 saturated heterocycles. The number of alkyl halides is 2.